The number of Topliss-reactive ketones (excluding diaryl/α,β-unsaturated/α-hetero) is 2. The first-order valence-electron chi connectivity index (χ1n) is 24.1. The van der Waals surface area contributed by atoms with Gasteiger partial charge >= 0.3 is 5.97 Å². The molecule has 2 bridgehead atoms. The van der Waals surface area contributed by atoms with E-state index in [2.05, 4.69) is 6.92 Å². The third-order valence-corrected chi connectivity index (χ3v) is 14.5. The number of aliphatic hydroxyl groups is 2. The zero-order valence-electron chi connectivity index (χ0n) is 40.6. The van der Waals surface area contributed by atoms with Gasteiger partial charge in [0.25, 0.3) is 11.7 Å². The Hall–Kier alpha value is -3.63. The molecule has 14 heteroatoms. The lowest BCUT2D eigenvalue weighted by atomic mass is 9.81. The monoisotopic (exact) mass is 926 g/mol. The Bertz CT molecular complexity index is 1880. The van der Waals surface area contributed by atoms with Gasteiger partial charge < -0.3 is 43.5 Å². The summed E-state index contributed by atoms with van der Waals surface area (Å²) in [5.41, 5.74) is 2.53. The minimum atomic E-state index is -2.52. The number of piperidine rings is 1. The van der Waals surface area contributed by atoms with Crippen LogP contribution in [-0.2, 0) is 47.6 Å². The summed E-state index contributed by atoms with van der Waals surface area (Å²) in [5, 5.41) is 23.9. The fourth-order valence-electron chi connectivity index (χ4n) is 10.5. The molecule has 1 aromatic carbocycles. The molecule has 13 nitrogen and oxygen atoms in total. The number of carbonyl (C=O) groups excluding carboxylic acids is 4. The van der Waals surface area contributed by atoms with Gasteiger partial charge in [-0.05, 0) is 113 Å². The van der Waals surface area contributed by atoms with Crippen molar-refractivity contribution < 1.29 is 62.2 Å². The normalized spacial score (nSPS) is 36.4. The average Bonchev–Trinajstić information content (AvgIpc) is 3.30. The van der Waals surface area contributed by atoms with Crippen LogP contribution in [0.15, 0.2) is 53.6 Å². The fourth-order valence-corrected chi connectivity index (χ4v) is 10.5. The topological polar surface area (TPSA) is 167 Å². The van der Waals surface area contributed by atoms with Crippen molar-refractivity contribution in [3.8, 4) is 0 Å². The predicted molar refractivity (Wildman–Crippen MR) is 247 cm³/mol. The molecule has 5 rings (SSSR count). The molecule has 3 fully saturated rings. The number of carbonyl (C=O) groups is 4. The van der Waals surface area contributed by atoms with Gasteiger partial charge in [0.15, 0.2) is 0 Å². The van der Waals surface area contributed by atoms with Crippen molar-refractivity contribution in [1.82, 2.24) is 4.90 Å². The third-order valence-electron chi connectivity index (χ3n) is 14.5. The van der Waals surface area contributed by atoms with Crippen LogP contribution in [0, 0.1) is 35.4 Å². The van der Waals surface area contributed by atoms with Gasteiger partial charge in [-0.2, -0.15) is 0 Å². The maximum absolute atomic E-state index is 14.5. The molecule has 14 unspecified atom stereocenters. The van der Waals surface area contributed by atoms with Crippen molar-refractivity contribution >= 4 is 29.5 Å². The van der Waals surface area contributed by atoms with Crippen LogP contribution in [0.4, 0.5) is 4.39 Å². The molecule has 14 atom stereocenters. The lowest BCUT2D eigenvalue weighted by molar-refractivity contribution is -0.302. The van der Waals surface area contributed by atoms with Crippen LogP contribution >= 0.6 is 0 Å². The number of esters is 1. The predicted octanol–water partition coefficient (Wildman–Crippen LogP) is 7.35. The number of aliphatic hydroxyl groups excluding tert-OH is 1. The highest BCUT2D eigenvalue weighted by atomic mass is 19.1. The first kappa shape index (κ1) is 53.3. The quantitative estimate of drug-likeness (QED) is 0.136. The molecule has 2 saturated heterocycles. The first-order chi connectivity index (χ1) is 31.4. The van der Waals surface area contributed by atoms with E-state index < -0.39 is 77.8 Å². The second-order valence-electron chi connectivity index (χ2n) is 19.4. The number of nitrogens with zero attached hydrogens (tertiary/aromatic N) is 1. The molecule has 0 aromatic heterocycles. The summed E-state index contributed by atoms with van der Waals surface area (Å²) in [4.78, 5) is 58.3. The molecule has 1 aliphatic carbocycles. The Morgan fingerprint density at radius 3 is 2.26 bits per heavy atom. The van der Waals surface area contributed by atoms with Gasteiger partial charge in [-0.1, -0.05) is 69.7 Å². The Kier molecular flexibility index (Phi) is 19.9. The summed E-state index contributed by atoms with van der Waals surface area (Å²) >= 11 is 0. The van der Waals surface area contributed by atoms with Crippen molar-refractivity contribution in [1.29, 1.82) is 0 Å². The smallest absolute Gasteiger partial charge is 0.329 e. The molecule has 1 amide bonds. The van der Waals surface area contributed by atoms with Crippen LogP contribution in [0.1, 0.15) is 118 Å². The van der Waals surface area contributed by atoms with Crippen LogP contribution in [-0.4, -0.2) is 128 Å². The molecule has 368 valence electrons. The number of cyclic esters (lactones) is 1. The number of ether oxygens (including phenoxy) is 6. The zero-order chi connectivity index (χ0) is 48.3. The number of hydrogen-bond donors (Lipinski definition) is 2. The molecule has 2 N–H and O–H groups in total. The van der Waals surface area contributed by atoms with E-state index in [-0.39, 0.29) is 61.5 Å². The Morgan fingerprint density at radius 1 is 0.909 bits per heavy atom. The van der Waals surface area contributed by atoms with E-state index in [1.54, 1.807) is 33.1 Å². The largest absolute Gasteiger partial charge is 0.456 e. The minimum absolute atomic E-state index is 0.00203. The lowest BCUT2D eigenvalue weighted by Crippen LogP contribution is -2.64. The van der Waals surface area contributed by atoms with Crippen molar-refractivity contribution in [3.05, 3.63) is 65.0 Å². The summed E-state index contributed by atoms with van der Waals surface area (Å²) in [7, 11) is 4.71. The third kappa shape index (κ3) is 13.3. The second-order valence-corrected chi connectivity index (χ2v) is 19.4. The van der Waals surface area contributed by atoms with Gasteiger partial charge in [0.05, 0.1) is 37.1 Å². The summed E-state index contributed by atoms with van der Waals surface area (Å²) in [6.45, 7) is 11.6. The maximum atomic E-state index is 14.5. The average molecular weight is 926 g/mol. The van der Waals surface area contributed by atoms with Crippen LogP contribution < -0.4 is 0 Å². The van der Waals surface area contributed by atoms with E-state index in [9.17, 15) is 33.8 Å². The van der Waals surface area contributed by atoms with E-state index in [4.69, 9.17) is 28.4 Å². The molecule has 66 heavy (non-hydrogen) atoms. The zero-order valence-corrected chi connectivity index (χ0v) is 40.6. The van der Waals surface area contributed by atoms with Crippen molar-refractivity contribution in [3.63, 3.8) is 0 Å². The highest BCUT2D eigenvalue weighted by Crippen LogP contribution is 2.39. The van der Waals surface area contributed by atoms with E-state index in [0.29, 0.717) is 57.1 Å². The van der Waals surface area contributed by atoms with Gasteiger partial charge in [0.1, 0.15) is 29.9 Å². The summed E-state index contributed by atoms with van der Waals surface area (Å²) < 4.78 is 49.9. The number of benzene rings is 1. The molecule has 0 spiro atoms. The number of ketones is 2. The Labute approximate surface area is 391 Å². The van der Waals surface area contributed by atoms with E-state index in [1.165, 1.54) is 31.3 Å². The fraction of sp³-hybridized carbons (Fsp3) is 0.692. The molecular formula is C52H76FNO12. The second kappa shape index (κ2) is 24.6. The number of methoxy groups -OCH3 is 3. The van der Waals surface area contributed by atoms with Crippen molar-refractivity contribution in [2.24, 2.45) is 29.6 Å². The molecule has 1 saturated carbocycles. The number of amides is 1. The standard InChI is InChI=1S/C52H76FNO12/c1-10-38-25-31(2)24-32(3)26-45(62-8)48-46(63-9)28-34(5)52(60,66-48)49(57)50(58)54-22-12-11-15-40(54)51(59)65-47(35(6)41(55)30-42(38)56)33(4)27-37-18-21-43(44(29-37)61-7)64-23-13-14-36-16-19-39(53)20-17-36/h13-14,16-17,19-20,25,27,32,34-35,37-38,40-41,43-48,55,60H,10-12,15,18,21-24,26,28-30H2,1-9H3. The number of rotatable bonds is 10. The first-order valence-corrected chi connectivity index (χ1v) is 24.1. The van der Waals surface area contributed by atoms with Crippen LogP contribution in [0.5, 0.6) is 0 Å². The SMILES string of the molecule is CCC1C=C(C)CC(C)CC(OC)C2OC(O)(C(=O)C(=O)N3CCCCC3C(=O)OC(C(C)=CC3CCC(OCC=Cc4ccc(F)cc4)C(OC)C3)C(C)C(O)CC1=O)C(C)CC2OC. The van der Waals surface area contributed by atoms with Crippen molar-refractivity contribution in [2.75, 3.05) is 34.5 Å². The van der Waals surface area contributed by atoms with Crippen LogP contribution in [0.3, 0.4) is 0 Å². The Morgan fingerprint density at radius 2 is 1.59 bits per heavy atom. The van der Waals surface area contributed by atoms with E-state index >= 15 is 0 Å². The van der Waals surface area contributed by atoms with Gasteiger partial charge in [0, 0.05) is 52.0 Å². The number of hydrogen-bond acceptors (Lipinski definition) is 12. The van der Waals surface area contributed by atoms with Crippen LogP contribution in [0.25, 0.3) is 6.08 Å². The highest BCUT2D eigenvalue weighted by Gasteiger charge is 2.56. The van der Waals surface area contributed by atoms with Gasteiger partial charge in [-0.25, -0.2) is 9.18 Å². The molecule has 4 aliphatic rings. The van der Waals surface area contributed by atoms with Crippen LogP contribution in [0.2, 0.25) is 0 Å². The number of halogens is 1. The molecule has 1 aromatic rings. The van der Waals surface area contributed by atoms with Crippen molar-refractivity contribution in [2.45, 2.75) is 167 Å². The van der Waals surface area contributed by atoms with Gasteiger partial charge in [0.2, 0.25) is 5.79 Å². The number of fused-ring (bicyclic) bond motifs is 3. The van der Waals surface area contributed by atoms with E-state index in [1.807, 2.05) is 45.1 Å². The molecule has 3 aliphatic heterocycles. The lowest BCUT2D eigenvalue weighted by Gasteiger charge is -2.47. The summed E-state index contributed by atoms with van der Waals surface area (Å²) in [6.07, 6.45) is 8.19. The molecule has 3 heterocycles. The number of allylic oxidation sites excluding steroid dienone is 3. The summed E-state index contributed by atoms with van der Waals surface area (Å²) in [6, 6.07) is 5.07. The minimum Gasteiger partial charge on any atom is -0.456 e. The summed E-state index contributed by atoms with van der Waals surface area (Å²) in [5.74, 6) is -7.89. The van der Waals surface area contributed by atoms with Gasteiger partial charge in [-0.3, -0.25) is 14.4 Å². The Balaban J connectivity index is 1.44. The highest BCUT2D eigenvalue weighted by molar-refractivity contribution is 6.39. The molecule has 0 radical (unpaired) electrons. The van der Waals surface area contributed by atoms with E-state index in [0.717, 1.165) is 17.6 Å². The van der Waals surface area contributed by atoms with Gasteiger partial charge in [-0.15, -0.1) is 0 Å². The maximum Gasteiger partial charge on any atom is 0.329 e. The molecular weight excluding hydrogens is 850 g/mol.